The third kappa shape index (κ3) is 3.38. The number of carbonyl (C=O) groups excluding carboxylic acids is 1. The van der Waals surface area contributed by atoms with Gasteiger partial charge >= 0.3 is 0 Å². The Kier molecular flexibility index (Phi) is 5.30. The standard InChI is InChI=1S/C23H25BrN2O2/c1-14(2)15-4-6-16(7-5-15)23-22-18(10-11-26(23)21(27)13-28-3)19-12-17(24)8-9-20(19)25-22/h4-9,12,14,23,25H,10-11,13H2,1-3H3. The van der Waals surface area contributed by atoms with Gasteiger partial charge in [-0.2, -0.15) is 0 Å². The zero-order chi connectivity index (χ0) is 19.8. The highest BCUT2D eigenvalue weighted by Crippen LogP contribution is 2.39. The average molecular weight is 441 g/mol. The lowest BCUT2D eigenvalue weighted by Gasteiger charge is -2.36. The summed E-state index contributed by atoms with van der Waals surface area (Å²) in [6.07, 6.45) is 0.835. The van der Waals surface area contributed by atoms with Crippen molar-refractivity contribution in [3.05, 3.63) is 69.3 Å². The topological polar surface area (TPSA) is 45.3 Å². The van der Waals surface area contributed by atoms with Crippen LogP contribution in [0.1, 0.15) is 48.2 Å². The summed E-state index contributed by atoms with van der Waals surface area (Å²) >= 11 is 3.59. The van der Waals surface area contributed by atoms with Crippen LogP contribution in [0.4, 0.5) is 0 Å². The maximum atomic E-state index is 12.8. The molecule has 2 heterocycles. The molecule has 0 spiro atoms. The van der Waals surface area contributed by atoms with Crippen LogP contribution in [0, 0.1) is 0 Å². The van der Waals surface area contributed by atoms with E-state index >= 15 is 0 Å². The predicted molar refractivity (Wildman–Crippen MR) is 116 cm³/mol. The smallest absolute Gasteiger partial charge is 0.249 e. The SMILES string of the molecule is COCC(=O)N1CCc2c([nH]c3ccc(Br)cc23)C1c1ccc(C(C)C)cc1. The van der Waals surface area contributed by atoms with E-state index in [2.05, 4.69) is 71.2 Å². The van der Waals surface area contributed by atoms with Gasteiger partial charge in [0.1, 0.15) is 6.61 Å². The van der Waals surface area contributed by atoms with Crippen molar-refractivity contribution in [1.82, 2.24) is 9.88 Å². The number of ether oxygens (including phenoxy) is 1. The zero-order valence-corrected chi connectivity index (χ0v) is 18.0. The van der Waals surface area contributed by atoms with Gasteiger partial charge < -0.3 is 14.6 Å². The van der Waals surface area contributed by atoms with Crippen LogP contribution in [0.3, 0.4) is 0 Å². The number of aromatic nitrogens is 1. The maximum absolute atomic E-state index is 12.8. The Hall–Kier alpha value is -2.11. The molecule has 1 aliphatic rings. The predicted octanol–water partition coefficient (Wildman–Crippen LogP) is 5.17. The van der Waals surface area contributed by atoms with Gasteiger partial charge in [-0.25, -0.2) is 0 Å². The minimum Gasteiger partial charge on any atom is -0.375 e. The normalized spacial score (nSPS) is 16.6. The van der Waals surface area contributed by atoms with Crippen molar-refractivity contribution < 1.29 is 9.53 Å². The monoisotopic (exact) mass is 440 g/mol. The van der Waals surface area contributed by atoms with Crippen LogP contribution < -0.4 is 0 Å². The first-order valence-electron chi connectivity index (χ1n) is 9.68. The summed E-state index contributed by atoms with van der Waals surface area (Å²) in [5, 5.41) is 1.23. The first kappa shape index (κ1) is 19.2. The van der Waals surface area contributed by atoms with Gasteiger partial charge in [0.2, 0.25) is 5.91 Å². The van der Waals surface area contributed by atoms with Gasteiger partial charge in [0.05, 0.1) is 6.04 Å². The molecule has 0 saturated carbocycles. The van der Waals surface area contributed by atoms with E-state index in [1.807, 2.05) is 11.0 Å². The highest BCUT2D eigenvalue weighted by atomic mass is 79.9. The van der Waals surface area contributed by atoms with E-state index < -0.39 is 0 Å². The number of benzene rings is 2. The van der Waals surface area contributed by atoms with E-state index in [1.165, 1.54) is 16.5 Å². The lowest BCUT2D eigenvalue weighted by Crippen LogP contribution is -2.42. The largest absolute Gasteiger partial charge is 0.375 e. The van der Waals surface area contributed by atoms with Crippen LogP contribution in [-0.4, -0.2) is 36.1 Å². The summed E-state index contributed by atoms with van der Waals surface area (Å²) in [6.45, 7) is 5.17. The van der Waals surface area contributed by atoms with Gasteiger partial charge in [0.15, 0.2) is 0 Å². The summed E-state index contributed by atoms with van der Waals surface area (Å²) in [4.78, 5) is 18.4. The van der Waals surface area contributed by atoms with Crippen molar-refractivity contribution >= 4 is 32.7 Å². The van der Waals surface area contributed by atoms with Gasteiger partial charge in [0, 0.05) is 34.7 Å². The molecular formula is C23H25BrN2O2. The molecule has 0 aliphatic carbocycles. The summed E-state index contributed by atoms with van der Waals surface area (Å²) in [5.74, 6) is 0.499. The number of methoxy groups -OCH3 is 1. The Morgan fingerprint density at radius 3 is 2.68 bits per heavy atom. The molecule has 28 heavy (non-hydrogen) atoms. The first-order chi connectivity index (χ1) is 13.5. The molecule has 5 heteroatoms. The van der Waals surface area contributed by atoms with Crippen molar-refractivity contribution in [1.29, 1.82) is 0 Å². The van der Waals surface area contributed by atoms with Gasteiger partial charge in [-0.3, -0.25) is 4.79 Å². The van der Waals surface area contributed by atoms with Gasteiger partial charge in [-0.05, 0) is 47.2 Å². The third-order valence-electron chi connectivity index (χ3n) is 5.60. The number of hydrogen-bond donors (Lipinski definition) is 1. The molecule has 1 N–H and O–H groups in total. The Morgan fingerprint density at radius 2 is 2.00 bits per heavy atom. The van der Waals surface area contributed by atoms with Crippen LogP contribution in [0.5, 0.6) is 0 Å². The van der Waals surface area contributed by atoms with E-state index in [9.17, 15) is 4.79 Å². The molecule has 1 aromatic heterocycles. The number of H-pyrrole nitrogens is 1. The summed E-state index contributed by atoms with van der Waals surface area (Å²) < 4.78 is 6.21. The maximum Gasteiger partial charge on any atom is 0.249 e. The van der Waals surface area contributed by atoms with Gasteiger partial charge in [-0.1, -0.05) is 54.0 Å². The Labute approximate surface area is 174 Å². The van der Waals surface area contributed by atoms with Crippen molar-refractivity contribution in [3.8, 4) is 0 Å². The highest BCUT2D eigenvalue weighted by molar-refractivity contribution is 9.10. The highest BCUT2D eigenvalue weighted by Gasteiger charge is 2.34. The lowest BCUT2D eigenvalue weighted by atomic mass is 9.91. The van der Waals surface area contributed by atoms with E-state index in [0.29, 0.717) is 12.5 Å². The molecule has 3 aromatic rings. The molecule has 1 unspecified atom stereocenters. The molecule has 2 aromatic carbocycles. The molecule has 0 bridgehead atoms. The molecule has 0 saturated heterocycles. The Balaban J connectivity index is 1.84. The fourth-order valence-corrected chi connectivity index (χ4v) is 4.51. The number of amides is 1. The Morgan fingerprint density at radius 1 is 1.25 bits per heavy atom. The van der Waals surface area contributed by atoms with Gasteiger partial charge in [0.25, 0.3) is 0 Å². The number of fused-ring (bicyclic) bond motifs is 3. The van der Waals surface area contributed by atoms with Crippen molar-refractivity contribution in [2.75, 3.05) is 20.3 Å². The molecule has 4 rings (SSSR count). The molecule has 0 fully saturated rings. The first-order valence-corrected chi connectivity index (χ1v) is 10.5. The second-order valence-electron chi connectivity index (χ2n) is 7.70. The van der Waals surface area contributed by atoms with Crippen molar-refractivity contribution in [2.24, 2.45) is 0 Å². The number of nitrogens with zero attached hydrogens (tertiary/aromatic N) is 1. The molecule has 1 aliphatic heterocycles. The number of rotatable bonds is 4. The minimum atomic E-state index is -0.126. The van der Waals surface area contributed by atoms with Crippen LogP contribution in [0.25, 0.3) is 10.9 Å². The number of aromatic amines is 1. The van der Waals surface area contributed by atoms with E-state index in [0.717, 1.165) is 27.7 Å². The molecule has 1 atom stereocenters. The van der Waals surface area contributed by atoms with E-state index in [-0.39, 0.29) is 18.6 Å². The number of halogens is 1. The second-order valence-corrected chi connectivity index (χ2v) is 8.62. The molecule has 4 nitrogen and oxygen atoms in total. The summed E-state index contributed by atoms with van der Waals surface area (Å²) in [6, 6.07) is 14.8. The van der Waals surface area contributed by atoms with E-state index in [4.69, 9.17) is 4.74 Å². The fourth-order valence-electron chi connectivity index (χ4n) is 4.15. The zero-order valence-electron chi connectivity index (χ0n) is 16.5. The van der Waals surface area contributed by atoms with Crippen LogP contribution >= 0.6 is 15.9 Å². The number of carbonyl (C=O) groups is 1. The number of nitrogens with one attached hydrogen (secondary N) is 1. The summed E-state index contributed by atoms with van der Waals surface area (Å²) in [7, 11) is 1.57. The quantitative estimate of drug-likeness (QED) is 0.607. The summed E-state index contributed by atoms with van der Waals surface area (Å²) in [5.41, 5.74) is 5.95. The molecule has 0 radical (unpaired) electrons. The number of hydrogen-bond acceptors (Lipinski definition) is 2. The van der Waals surface area contributed by atoms with Crippen LogP contribution in [0.15, 0.2) is 46.9 Å². The Bertz CT molecular complexity index is 1010. The molecule has 146 valence electrons. The van der Waals surface area contributed by atoms with Crippen LogP contribution in [0.2, 0.25) is 0 Å². The average Bonchev–Trinajstić information content (AvgIpc) is 3.05. The molecular weight excluding hydrogens is 416 g/mol. The second kappa shape index (κ2) is 7.72. The van der Waals surface area contributed by atoms with E-state index in [1.54, 1.807) is 7.11 Å². The van der Waals surface area contributed by atoms with Crippen LogP contribution in [-0.2, 0) is 16.0 Å². The van der Waals surface area contributed by atoms with Crippen molar-refractivity contribution in [2.45, 2.75) is 32.2 Å². The fraction of sp³-hybridized carbons (Fsp3) is 0.348. The molecule has 1 amide bonds. The lowest BCUT2D eigenvalue weighted by molar-refractivity contribution is -0.137. The third-order valence-corrected chi connectivity index (χ3v) is 6.09. The van der Waals surface area contributed by atoms with Gasteiger partial charge in [-0.15, -0.1) is 0 Å². The van der Waals surface area contributed by atoms with Crippen molar-refractivity contribution in [3.63, 3.8) is 0 Å². The minimum absolute atomic E-state index is 0.0194.